The van der Waals surface area contributed by atoms with Gasteiger partial charge in [0.05, 0.1) is 7.11 Å². The highest BCUT2D eigenvalue weighted by Gasteiger charge is 2.02. The van der Waals surface area contributed by atoms with E-state index in [0.717, 1.165) is 12.3 Å². The molecule has 0 aliphatic heterocycles. The molecule has 2 rings (SSSR count). The van der Waals surface area contributed by atoms with E-state index in [2.05, 4.69) is 28.9 Å². The molecule has 0 radical (unpaired) electrons. The van der Waals surface area contributed by atoms with Crippen molar-refractivity contribution in [3.8, 4) is 16.9 Å². The molecule has 0 spiro atoms. The average Bonchev–Trinajstić information content (AvgIpc) is 2.78. The third kappa shape index (κ3) is 2.43. The van der Waals surface area contributed by atoms with Crippen molar-refractivity contribution in [2.45, 2.75) is 6.54 Å². The van der Waals surface area contributed by atoms with Crippen LogP contribution in [0.3, 0.4) is 0 Å². The van der Waals surface area contributed by atoms with Gasteiger partial charge in [-0.1, -0.05) is 12.1 Å². The Labute approximate surface area is 99.9 Å². The summed E-state index contributed by atoms with van der Waals surface area (Å²) in [6.07, 6.45) is 0. The minimum Gasteiger partial charge on any atom is -0.497 e. The van der Waals surface area contributed by atoms with Crippen LogP contribution in [0.4, 0.5) is 0 Å². The fraction of sp³-hybridized carbons (Fsp3) is 0.231. The lowest BCUT2D eigenvalue weighted by molar-refractivity contribution is 0.415. The van der Waals surface area contributed by atoms with Gasteiger partial charge in [0.25, 0.3) is 0 Å². The van der Waals surface area contributed by atoms with Gasteiger partial charge in [0.15, 0.2) is 0 Å². The molecule has 0 unspecified atom stereocenters. The summed E-state index contributed by atoms with van der Waals surface area (Å²) in [7, 11) is 3.66. The molecule has 0 atom stereocenters. The van der Waals surface area contributed by atoms with E-state index in [1.165, 1.54) is 16.0 Å². The lowest BCUT2D eigenvalue weighted by Crippen LogP contribution is -2.02. The first-order chi connectivity index (χ1) is 7.83. The molecule has 0 aliphatic rings. The van der Waals surface area contributed by atoms with Gasteiger partial charge in [-0.3, -0.25) is 0 Å². The first-order valence-corrected chi connectivity index (χ1v) is 6.08. The van der Waals surface area contributed by atoms with Crippen LogP contribution in [0.15, 0.2) is 35.7 Å². The Bertz CT molecular complexity index is 464. The molecule has 1 heterocycles. The molecule has 1 N–H and O–H groups in total. The summed E-state index contributed by atoms with van der Waals surface area (Å²) in [5.74, 6) is 0.902. The number of hydrogen-bond acceptors (Lipinski definition) is 3. The number of rotatable bonds is 4. The molecule has 0 fully saturated rings. The highest BCUT2D eigenvalue weighted by Crippen LogP contribution is 2.28. The van der Waals surface area contributed by atoms with Crippen LogP contribution in [-0.2, 0) is 6.54 Å². The maximum absolute atomic E-state index is 5.22. The molecule has 1 aromatic heterocycles. The topological polar surface area (TPSA) is 21.3 Å². The molecule has 0 amide bonds. The van der Waals surface area contributed by atoms with Gasteiger partial charge >= 0.3 is 0 Å². The second-order valence-electron chi connectivity index (χ2n) is 3.56. The van der Waals surface area contributed by atoms with Gasteiger partial charge in [0.1, 0.15) is 5.75 Å². The zero-order chi connectivity index (χ0) is 11.4. The second kappa shape index (κ2) is 5.14. The predicted molar refractivity (Wildman–Crippen MR) is 69.1 cm³/mol. The van der Waals surface area contributed by atoms with Gasteiger partial charge in [-0.2, -0.15) is 0 Å². The minimum atomic E-state index is 0.902. The minimum absolute atomic E-state index is 0.902. The van der Waals surface area contributed by atoms with Crippen LogP contribution in [-0.4, -0.2) is 14.2 Å². The van der Waals surface area contributed by atoms with Gasteiger partial charge in [0, 0.05) is 11.4 Å². The number of benzene rings is 1. The van der Waals surface area contributed by atoms with Crippen LogP contribution < -0.4 is 10.1 Å². The second-order valence-corrected chi connectivity index (χ2v) is 4.56. The van der Waals surface area contributed by atoms with Crippen molar-refractivity contribution in [1.29, 1.82) is 0 Å². The molecule has 0 saturated heterocycles. The summed E-state index contributed by atoms with van der Waals surface area (Å²) in [6.45, 7) is 0.925. The quantitative estimate of drug-likeness (QED) is 0.876. The van der Waals surface area contributed by atoms with Crippen molar-refractivity contribution in [2.75, 3.05) is 14.2 Å². The van der Waals surface area contributed by atoms with Crippen LogP contribution in [0.1, 0.15) is 4.88 Å². The Kier molecular flexibility index (Phi) is 3.59. The normalized spacial score (nSPS) is 10.4. The summed E-state index contributed by atoms with van der Waals surface area (Å²) in [5, 5.41) is 5.34. The third-order valence-corrected chi connectivity index (χ3v) is 3.34. The first kappa shape index (κ1) is 11.2. The van der Waals surface area contributed by atoms with E-state index in [-0.39, 0.29) is 0 Å². The Morgan fingerprint density at radius 3 is 2.88 bits per heavy atom. The summed E-state index contributed by atoms with van der Waals surface area (Å²) in [5.41, 5.74) is 2.46. The zero-order valence-electron chi connectivity index (χ0n) is 9.49. The summed E-state index contributed by atoms with van der Waals surface area (Å²) in [4.78, 5) is 1.35. The monoisotopic (exact) mass is 233 g/mol. The molecule has 2 nitrogen and oxygen atoms in total. The SMILES string of the molecule is CNCc1cc(-c2cccc(OC)c2)cs1. The summed E-state index contributed by atoms with van der Waals surface area (Å²) < 4.78 is 5.22. The number of methoxy groups -OCH3 is 1. The molecular weight excluding hydrogens is 218 g/mol. The molecule has 1 aromatic carbocycles. The molecular formula is C13H15NOS. The van der Waals surface area contributed by atoms with Crippen molar-refractivity contribution in [1.82, 2.24) is 5.32 Å². The number of hydrogen-bond donors (Lipinski definition) is 1. The first-order valence-electron chi connectivity index (χ1n) is 5.20. The Hall–Kier alpha value is -1.32. The van der Waals surface area contributed by atoms with Crippen molar-refractivity contribution in [3.63, 3.8) is 0 Å². The molecule has 3 heteroatoms. The van der Waals surface area contributed by atoms with Crippen LogP contribution in [0.25, 0.3) is 11.1 Å². The van der Waals surface area contributed by atoms with Crippen molar-refractivity contribution < 1.29 is 4.74 Å². The highest BCUT2D eigenvalue weighted by molar-refractivity contribution is 7.10. The Morgan fingerprint density at radius 1 is 1.25 bits per heavy atom. The van der Waals surface area contributed by atoms with Crippen LogP contribution in [0.2, 0.25) is 0 Å². The average molecular weight is 233 g/mol. The smallest absolute Gasteiger partial charge is 0.119 e. The maximum atomic E-state index is 5.22. The van der Waals surface area contributed by atoms with E-state index in [4.69, 9.17) is 4.74 Å². The number of ether oxygens (including phenoxy) is 1. The van der Waals surface area contributed by atoms with Crippen molar-refractivity contribution in [2.24, 2.45) is 0 Å². The molecule has 84 valence electrons. The largest absolute Gasteiger partial charge is 0.497 e. The molecule has 16 heavy (non-hydrogen) atoms. The van der Waals surface area contributed by atoms with Gasteiger partial charge in [0.2, 0.25) is 0 Å². The highest BCUT2D eigenvalue weighted by atomic mass is 32.1. The molecule has 0 bridgehead atoms. The zero-order valence-corrected chi connectivity index (χ0v) is 10.3. The summed E-state index contributed by atoms with van der Waals surface area (Å²) in [6, 6.07) is 10.4. The summed E-state index contributed by atoms with van der Waals surface area (Å²) >= 11 is 1.78. The van der Waals surface area contributed by atoms with E-state index in [1.54, 1.807) is 18.4 Å². The van der Waals surface area contributed by atoms with E-state index in [1.807, 2.05) is 19.2 Å². The van der Waals surface area contributed by atoms with Crippen molar-refractivity contribution >= 4 is 11.3 Å². The number of thiophene rings is 1. The van der Waals surface area contributed by atoms with Crippen LogP contribution >= 0.6 is 11.3 Å². The van der Waals surface area contributed by atoms with Crippen molar-refractivity contribution in [3.05, 3.63) is 40.6 Å². The Morgan fingerprint density at radius 2 is 2.12 bits per heavy atom. The maximum Gasteiger partial charge on any atom is 0.119 e. The molecule has 0 aliphatic carbocycles. The van der Waals surface area contributed by atoms with E-state index in [0.29, 0.717) is 0 Å². The lowest BCUT2D eigenvalue weighted by atomic mass is 10.1. The van der Waals surface area contributed by atoms with E-state index >= 15 is 0 Å². The van der Waals surface area contributed by atoms with Gasteiger partial charge < -0.3 is 10.1 Å². The molecule has 2 aromatic rings. The fourth-order valence-corrected chi connectivity index (χ4v) is 2.51. The van der Waals surface area contributed by atoms with Gasteiger partial charge in [-0.15, -0.1) is 11.3 Å². The number of nitrogens with one attached hydrogen (secondary N) is 1. The Balaban J connectivity index is 2.27. The predicted octanol–water partition coefficient (Wildman–Crippen LogP) is 3.14. The van der Waals surface area contributed by atoms with Crippen LogP contribution in [0, 0.1) is 0 Å². The van der Waals surface area contributed by atoms with Gasteiger partial charge in [-0.25, -0.2) is 0 Å². The third-order valence-electron chi connectivity index (χ3n) is 2.41. The van der Waals surface area contributed by atoms with Crippen LogP contribution in [0.5, 0.6) is 5.75 Å². The van der Waals surface area contributed by atoms with E-state index in [9.17, 15) is 0 Å². The van der Waals surface area contributed by atoms with E-state index < -0.39 is 0 Å². The lowest BCUT2D eigenvalue weighted by Gasteiger charge is -2.02. The fourth-order valence-electron chi connectivity index (χ4n) is 1.60. The standard InChI is InChI=1S/C13H15NOS/c1-14-8-13-7-11(9-16-13)10-4-3-5-12(6-10)15-2/h3-7,9,14H,8H2,1-2H3. The molecule has 0 saturated carbocycles. The van der Waals surface area contributed by atoms with Gasteiger partial charge in [-0.05, 0) is 41.8 Å².